The highest BCUT2D eigenvalue weighted by molar-refractivity contribution is 7.91. The second-order valence-electron chi connectivity index (χ2n) is 4.77. The topological polar surface area (TPSA) is 86.7 Å². The molecule has 0 saturated heterocycles. The second kappa shape index (κ2) is 7.50. The van der Waals surface area contributed by atoms with Gasteiger partial charge in [0.25, 0.3) is 0 Å². The highest BCUT2D eigenvalue weighted by Gasteiger charge is 2.26. The maximum Gasteiger partial charge on any atom is 0.341 e. The van der Waals surface area contributed by atoms with Crippen LogP contribution >= 0.6 is 0 Å². The molecule has 1 rings (SSSR count). The first-order chi connectivity index (χ1) is 10.2. The van der Waals surface area contributed by atoms with Gasteiger partial charge in [0.1, 0.15) is 0 Å². The monoisotopic (exact) mass is 336 g/mol. The lowest BCUT2D eigenvalue weighted by atomic mass is 10.3. The van der Waals surface area contributed by atoms with Gasteiger partial charge < -0.3 is 15.3 Å². The van der Waals surface area contributed by atoms with Gasteiger partial charge in [0.15, 0.2) is 0 Å². The third kappa shape index (κ3) is 4.38. The lowest BCUT2D eigenvalue weighted by Gasteiger charge is -2.26. The molecule has 0 saturated carbocycles. The van der Waals surface area contributed by atoms with Crippen molar-refractivity contribution in [3.8, 4) is 0 Å². The molecule has 0 radical (unpaired) electrons. The van der Waals surface area contributed by atoms with Crippen LogP contribution in [0.1, 0.15) is 13.8 Å². The van der Waals surface area contributed by atoms with Crippen molar-refractivity contribution in [3.63, 3.8) is 0 Å². The fourth-order valence-electron chi connectivity index (χ4n) is 1.73. The summed E-state index contributed by atoms with van der Waals surface area (Å²) in [6.45, 7) is 3.49. The normalized spacial score (nSPS) is 11.8. The average molecular weight is 336 g/mol. The van der Waals surface area contributed by atoms with E-state index in [9.17, 15) is 22.0 Å². The molecule has 0 aliphatic rings. The fraction of sp³-hybridized carbons (Fsp3) is 0.462. The molecule has 0 heterocycles. The van der Waals surface area contributed by atoms with Crippen LogP contribution in [0, 0.1) is 0 Å². The van der Waals surface area contributed by atoms with Gasteiger partial charge in [-0.1, -0.05) is 0 Å². The number of hydrogen-bond acceptors (Lipinski definition) is 4. The number of nitrogens with one attached hydrogen (secondary N) is 1. The number of rotatable bonds is 6. The van der Waals surface area contributed by atoms with E-state index in [2.05, 4.69) is 5.32 Å². The Bertz CT molecular complexity index is 603. The molecule has 2 N–H and O–H groups in total. The number of halogens is 2. The van der Waals surface area contributed by atoms with E-state index in [1.165, 1.54) is 17.0 Å². The van der Waals surface area contributed by atoms with Gasteiger partial charge in [-0.3, -0.25) is 0 Å². The largest absolute Gasteiger partial charge is 0.395 e. The fourth-order valence-corrected chi connectivity index (χ4v) is 2.45. The van der Waals surface area contributed by atoms with Crippen molar-refractivity contribution >= 4 is 21.6 Å². The molecule has 0 spiro atoms. The van der Waals surface area contributed by atoms with E-state index in [0.717, 1.165) is 12.1 Å². The van der Waals surface area contributed by atoms with Crippen molar-refractivity contribution in [3.05, 3.63) is 24.3 Å². The third-order valence-corrected chi connectivity index (χ3v) is 4.29. The molecule has 0 fully saturated rings. The Balaban J connectivity index is 2.86. The summed E-state index contributed by atoms with van der Waals surface area (Å²) in [5.74, 6) is -3.49. The zero-order valence-corrected chi connectivity index (χ0v) is 13.0. The quantitative estimate of drug-likeness (QED) is 0.831. The SMILES string of the molecule is CC(C)N(CCO)C(=O)Nc1ccc(S(=O)(=O)C(F)F)cc1. The number of benzene rings is 1. The lowest BCUT2D eigenvalue weighted by molar-refractivity contribution is 0.172. The zero-order valence-electron chi connectivity index (χ0n) is 12.2. The number of amides is 2. The molecule has 0 unspecified atom stereocenters. The van der Waals surface area contributed by atoms with Crippen LogP contribution in [0.2, 0.25) is 0 Å². The predicted molar refractivity (Wildman–Crippen MR) is 77.6 cm³/mol. The maximum atomic E-state index is 12.4. The van der Waals surface area contributed by atoms with Crippen molar-refractivity contribution < 1.29 is 27.1 Å². The van der Waals surface area contributed by atoms with Crippen LogP contribution in [0.25, 0.3) is 0 Å². The molecular weight excluding hydrogens is 318 g/mol. The van der Waals surface area contributed by atoms with Crippen molar-refractivity contribution in [2.24, 2.45) is 0 Å². The molecule has 1 aromatic carbocycles. The number of aliphatic hydroxyl groups is 1. The summed E-state index contributed by atoms with van der Waals surface area (Å²) in [5, 5.41) is 11.4. The Hall–Kier alpha value is -1.74. The molecule has 6 nitrogen and oxygen atoms in total. The number of alkyl halides is 2. The molecule has 0 aliphatic carbocycles. The Morgan fingerprint density at radius 1 is 1.27 bits per heavy atom. The van der Waals surface area contributed by atoms with Gasteiger partial charge in [-0.15, -0.1) is 0 Å². The van der Waals surface area contributed by atoms with Crippen LogP contribution in [0.3, 0.4) is 0 Å². The number of anilines is 1. The van der Waals surface area contributed by atoms with Crippen LogP contribution in [0.4, 0.5) is 19.3 Å². The van der Waals surface area contributed by atoms with E-state index in [0.29, 0.717) is 0 Å². The molecule has 0 bridgehead atoms. The van der Waals surface area contributed by atoms with E-state index in [1.54, 1.807) is 13.8 Å². The van der Waals surface area contributed by atoms with Crippen LogP contribution in [0.15, 0.2) is 29.2 Å². The minimum absolute atomic E-state index is 0.140. The maximum absolute atomic E-state index is 12.4. The van der Waals surface area contributed by atoms with Gasteiger partial charge in [-0.05, 0) is 38.1 Å². The Morgan fingerprint density at radius 3 is 2.23 bits per heavy atom. The van der Waals surface area contributed by atoms with Crippen LogP contribution in [-0.2, 0) is 9.84 Å². The zero-order chi connectivity index (χ0) is 16.9. The average Bonchev–Trinajstić information content (AvgIpc) is 2.44. The van der Waals surface area contributed by atoms with Crippen LogP contribution in [-0.4, -0.2) is 49.4 Å². The molecule has 22 heavy (non-hydrogen) atoms. The smallest absolute Gasteiger partial charge is 0.341 e. The van der Waals surface area contributed by atoms with Crippen molar-refractivity contribution in [1.29, 1.82) is 0 Å². The minimum atomic E-state index is -4.65. The van der Waals surface area contributed by atoms with Gasteiger partial charge in [-0.25, -0.2) is 13.2 Å². The van der Waals surface area contributed by atoms with E-state index in [4.69, 9.17) is 5.11 Å². The Kier molecular flexibility index (Phi) is 6.24. The van der Waals surface area contributed by atoms with E-state index in [-0.39, 0.29) is 24.9 Å². The minimum Gasteiger partial charge on any atom is -0.395 e. The molecule has 0 atom stereocenters. The summed E-state index contributed by atoms with van der Waals surface area (Å²) in [4.78, 5) is 12.9. The van der Waals surface area contributed by atoms with E-state index in [1.807, 2.05) is 0 Å². The first-order valence-electron chi connectivity index (χ1n) is 6.50. The summed E-state index contributed by atoms with van der Waals surface area (Å²) in [6, 6.07) is 3.83. The van der Waals surface area contributed by atoms with Gasteiger partial charge in [0, 0.05) is 18.3 Å². The van der Waals surface area contributed by atoms with Gasteiger partial charge >= 0.3 is 11.8 Å². The number of sulfone groups is 1. The summed E-state index contributed by atoms with van der Waals surface area (Å²) >= 11 is 0. The first-order valence-corrected chi connectivity index (χ1v) is 8.05. The summed E-state index contributed by atoms with van der Waals surface area (Å²) in [5.41, 5.74) is 0.266. The second-order valence-corrected chi connectivity index (χ2v) is 6.69. The molecule has 0 aromatic heterocycles. The molecule has 2 amide bonds. The standard InChI is InChI=1S/C13H18F2N2O4S/c1-9(2)17(7-8-18)13(19)16-10-3-5-11(6-4-10)22(20,21)12(14)15/h3-6,9,12,18H,7-8H2,1-2H3,(H,16,19). The van der Waals surface area contributed by atoms with Crippen molar-refractivity contribution in [2.75, 3.05) is 18.5 Å². The molecular formula is C13H18F2N2O4S. The first kappa shape index (κ1) is 18.3. The van der Waals surface area contributed by atoms with Crippen LogP contribution < -0.4 is 5.32 Å². The Labute approximate surface area is 127 Å². The van der Waals surface area contributed by atoms with Gasteiger partial charge in [0.05, 0.1) is 11.5 Å². The molecule has 124 valence electrons. The molecule has 9 heteroatoms. The van der Waals surface area contributed by atoms with Crippen LogP contribution in [0.5, 0.6) is 0 Å². The predicted octanol–water partition coefficient (Wildman–Crippen LogP) is 1.92. The highest BCUT2D eigenvalue weighted by atomic mass is 32.2. The number of urea groups is 1. The number of nitrogens with zero attached hydrogens (tertiary/aromatic N) is 1. The number of carbonyl (C=O) groups excluding carboxylic acids is 1. The van der Waals surface area contributed by atoms with Crippen molar-refractivity contribution in [2.45, 2.75) is 30.5 Å². The number of hydrogen-bond donors (Lipinski definition) is 2. The summed E-state index contributed by atoms with van der Waals surface area (Å²) < 4.78 is 47.4. The Morgan fingerprint density at radius 2 is 1.82 bits per heavy atom. The van der Waals surface area contributed by atoms with Crippen molar-refractivity contribution in [1.82, 2.24) is 4.90 Å². The van der Waals surface area contributed by atoms with Gasteiger partial charge in [0.2, 0.25) is 9.84 Å². The number of carbonyl (C=O) groups is 1. The highest BCUT2D eigenvalue weighted by Crippen LogP contribution is 2.20. The third-order valence-electron chi connectivity index (χ3n) is 2.89. The van der Waals surface area contributed by atoms with Gasteiger partial charge in [-0.2, -0.15) is 8.78 Å². The summed E-state index contributed by atoms with van der Waals surface area (Å²) in [7, 11) is -4.65. The molecule has 1 aromatic rings. The lowest BCUT2D eigenvalue weighted by Crippen LogP contribution is -2.41. The van der Waals surface area contributed by atoms with E-state index >= 15 is 0 Å². The van der Waals surface area contributed by atoms with E-state index < -0.39 is 26.5 Å². The molecule has 0 aliphatic heterocycles. The summed E-state index contributed by atoms with van der Waals surface area (Å²) in [6.07, 6.45) is 0. The number of aliphatic hydroxyl groups excluding tert-OH is 1.